The zero-order chi connectivity index (χ0) is 12.5. The first-order valence-corrected chi connectivity index (χ1v) is 5.89. The number of aromatic hydroxyl groups is 1. The first-order chi connectivity index (χ1) is 8.74. The van der Waals surface area contributed by atoms with Gasteiger partial charge in [0.25, 0.3) is 5.89 Å². The predicted molar refractivity (Wildman–Crippen MR) is 62.5 cm³/mol. The fraction of sp³-hybridized carbons (Fsp3) is 0. The number of phenolic OH excluding ortho intramolecular Hbond substituents is 1. The Morgan fingerprint density at radius 1 is 1.33 bits per heavy atom. The second kappa shape index (κ2) is 4.19. The summed E-state index contributed by atoms with van der Waals surface area (Å²) < 4.78 is 18.6. The van der Waals surface area contributed by atoms with Crippen LogP contribution in [0.1, 0.15) is 0 Å². The second-order valence-corrected chi connectivity index (χ2v) is 4.18. The van der Waals surface area contributed by atoms with E-state index in [2.05, 4.69) is 15.1 Å². The van der Waals surface area contributed by atoms with Gasteiger partial charge in [0.2, 0.25) is 5.82 Å². The minimum Gasteiger partial charge on any atom is -0.508 e. The van der Waals surface area contributed by atoms with Gasteiger partial charge in [0.1, 0.15) is 17.3 Å². The van der Waals surface area contributed by atoms with Crippen LogP contribution in [0.5, 0.6) is 5.75 Å². The first kappa shape index (κ1) is 10.8. The highest BCUT2D eigenvalue weighted by Crippen LogP contribution is 2.26. The number of halogens is 1. The Balaban J connectivity index is 2.03. The van der Waals surface area contributed by atoms with Crippen molar-refractivity contribution < 1.29 is 14.0 Å². The van der Waals surface area contributed by atoms with Gasteiger partial charge in [-0.3, -0.25) is 0 Å². The van der Waals surface area contributed by atoms with Gasteiger partial charge in [-0.25, -0.2) is 9.37 Å². The van der Waals surface area contributed by atoms with Crippen LogP contribution in [0.3, 0.4) is 0 Å². The minimum atomic E-state index is -0.622. The fourth-order valence-electron chi connectivity index (χ4n) is 1.44. The maximum absolute atomic E-state index is 13.6. The summed E-state index contributed by atoms with van der Waals surface area (Å²) >= 11 is 1.40. The van der Waals surface area contributed by atoms with E-state index < -0.39 is 5.82 Å². The zero-order valence-electron chi connectivity index (χ0n) is 8.87. The van der Waals surface area contributed by atoms with E-state index in [1.807, 2.05) is 0 Å². The quantitative estimate of drug-likeness (QED) is 0.769. The summed E-state index contributed by atoms with van der Waals surface area (Å²) in [6.45, 7) is 0. The largest absolute Gasteiger partial charge is 0.508 e. The third-order valence-electron chi connectivity index (χ3n) is 2.27. The molecule has 0 saturated heterocycles. The van der Waals surface area contributed by atoms with E-state index in [4.69, 9.17) is 9.63 Å². The van der Waals surface area contributed by atoms with Crippen molar-refractivity contribution in [1.29, 1.82) is 0 Å². The molecular weight excluding hydrogens is 257 g/mol. The highest BCUT2D eigenvalue weighted by molar-refractivity contribution is 7.07. The van der Waals surface area contributed by atoms with Crippen LogP contribution in [0.2, 0.25) is 0 Å². The van der Waals surface area contributed by atoms with Gasteiger partial charge in [-0.05, 0) is 12.1 Å². The molecule has 3 rings (SSSR count). The van der Waals surface area contributed by atoms with E-state index in [9.17, 15) is 4.39 Å². The van der Waals surface area contributed by atoms with Crippen LogP contribution in [0.15, 0.2) is 33.6 Å². The van der Waals surface area contributed by atoms with Crippen molar-refractivity contribution in [3.63, 3.8) is 0 Å². The smallest absolute Gasteiger partial charge is 0.261 e. The van der Waals surface area contributed by atoms with Crippen LogP contribution in [-0.4, -0.2) is 20.2 Å². The molecule has 0 atom stereocenters. The number of aromatic nitrogens is 3. The van der Waals surface area contributed by atoms with Gasteiger partial charge in [0, 0.05) is 11.4 Å². The standard InChI is InChI=1S/C11H6FN3O2S/c12-8-3-6(16)1-2-7(8)11-14-10(15-17-11)9-4-18-5-13-9/h1-5,16H. The van der Waals surface area contributed by atoms with Crippen LogP contribution >= 0.6 is 11.3 Å². The number of rotatable bonds is 2. The average molecular weight is 263 g/mol. The Labute approximate surface area is 105 Å². The Kier molecular flexibility index (Phi) is 2.52. The van der Waals surface area contributed by atoms with Crippen LogP contribution in [0, 0.1) is 5.82 Å². The molecule has 2 heterocycles. The molecule has 1 N–H and O–H groups in total. The summed E-state index contributed by atoms with van der Waals surface area (Å²) in [5, 5.41) is 14.6. The normalized spacial score (nSPS) is 10.7. The van der Waals surface area contributed by atoms with E-state index in [1.165, 1.54) is 23.5 Å². The molecule has 0 amide bonds. The number of nitrogens with zero attached hydrogens (tertiary/aromatic N) is 3. The highest BCUT2D eigenvalue weighted by atomic mass is 32.1. The fourth-order valence-corrected chi connectivity index (χ4v) is 1.97. The van der Waals surface area contributed by atoms with Crippen molar-refractivity contribution in [2.24, 2.45) is 0 Å². The van der Waals surface area contributed by atoms with E-state index in [1.54, 1.807) is 10.9 Å². The molecule has 0 aliphatic heterocycles. The van der Waals surface area contributed by atoms with Crippen LogP contribution in [0.25, 0.3) is 23.0 Å². The molecule has 18 heavy (non-hydrogen) atoms. The molecule has 1 aromatic carbocycles. The Morgan fingerprint density at radius 3 is 2.94 bits per heavy atom. The molecule has 3 aromatic rings. The molecule has 0 saturated carbocycles. The molecule has 0 spiro atoms. The Morgan fingerprint density at radius 2 is 2.22 bits per heavy atom. The lowest BCUT2D eigenvalue weighted by Gasteiger charge is -1.97. The van der Waals surface area contributed by atoms with Crippen molar-refractivity contribution in [2.75, 3.05) is 0 Å². The van der Waals surface area contributed by atoms with Gasteiger partial charge in [0.15, 0.2) is 0 Å². The van der Waals surface area contributed by atoms with Gasteiger partial charge in [-0.2, -0.15) is 4.98 Å². The van der Waals surface area contributed by atoms with Gasteiger partial charge in [-0.15, -0.1) is 11.3 Å². The molecule has 90 valence electrons. The summed E-state index contributed by atoms with van der Waals surface area (Å²) in [5.74, 6) is -0.423. The number of hydrogen-bond acceptors (Lipinski definition) is 6. The molecule has 0 radical (unpaired) electrons. The molecule has 0 aliphatic carbocycles. The van der Waals surface area contributed by atoms with E-state index in [0.717, 1.165) is 6.07 Å². The van der Waals surface area contributed by atoms with Crippen LogP contribution in [0.4, 0.5) is 4.39 Å². The Hall–Kier alpha value is -2.28. The number of hydrogen-bond donors (Lipinski definition) is 1. The van der Waals surface area contributed by atoms with E-state index >= 15 is 0 Å². The molecule has 2 aromatic heterocycles. The summed E-state index contributed by atoms with van der Waals surface area (Å²) in [7, 11) is 0. The maximum atomic E-state index is 13.6. The molecule has 0 aliphatic rings. The zero-order valence-corrected chi connectivity index (χ0v) is 9.69. The molecule has 0 fully saturated rings. The van der Waals surface area contributed by atoms with Gasteiger partial charge in [-0.1, -0.05) is 5.16 Å². The second-order valence-electron chi connectivity index (χ2n) is 3.46. The minimum absolute atomic E-state index is 0.0514. The molecule has 0 unspecified atom stereocenters. The topological polar surface area (TPSA) is 72.0 Å². The summed E-state index contributed by atoms with van der Waals surface area (Å²) in [4.78, 5) is 8.09. The summed E-state index contributed by atoms with van der Waals surface area (Å²) in [6, 6.07) is 3.72. The third-order valence-corrected chi connectivity index (χ3v) is 2.86. The first-order valence-electron chi connectivity index (χ1n) is 4.95. The van der Waals surface area contributed by atoms with Crippen LogP contribution < -0.4 is 0 Å². The van der Waals surface area contributed by atoms with Gasteiger partial charge in [0.05, 0.1) is 11.1 Å². The molecular formula is C11H6FN3O2S. The van der Waals surface area contributed by atoms with Crippen molar-refractivity contribution in [2.45, 2.75) is 0 Å². The number of thiazole rings is 1. The van der Waals surface area contributed by atoms with Crippen molar-refractivity contribution >= 4 is 11.3 Å². The summed E-state index contributed by atoms with van der Waals surface area (Å²) in [6.07, 6.45) is 0. The Bertz CT molecular complexity index is 681. The van der Waals surface area contributed by atoms with Crippen molar-refractivity contribution in [3.05, 3.63) is 34.9 Å². The van der Waals surface area contributed by atoms with Gasteiger partial charge >= 0.3 is 0 Å². The SMILES string of the molecule is Oc1ccc(-c2nc(-c3cscn3)no2)c(F)c1. The third kappa shape index (κ3) is 1.84. The number of benzene rings is 1. The molecule has 7 heteroatoms. The molecule has 5 nitrogen and oxygen atoms in total. The van der Waals surface area contributed by atoms with Crippen LogP contribution in [-0.2, 0) is 0 Å². The lowest BCUT2D eigenvalue weighted by Crippen LogP contribution is -1.84. The van der Waals surface area contributed by atoms with Crippen molar-refractivity contribution in [1.82, 2.24) is 15.1 Å². The lowest BCUT2D eigenvalue weighted by molar-refractivity contribution is 0.428. The predicted octanol–water partition coefficient (Wildman–Crippen LogP) is 2.70. The monoisotopic (exact) mass is 263 g/mol. The lowest BCUT2D eigenvalue weighted by atomic mass is 10.2. The van der Waals surface area contributed by atoms with Gasteiger partial charge < -0.3 is 9.63 Å². The van der Waals surface area contributed by atoms with E-state index in [0.29, 0.717) is 11.5 Å². The average Bonchev–Trinajstić information content (AvgIpc) is 2.99. The van der Waals surface area contributed by atoms with Crippen molar-refractivity contribution in [3.8, 4) is 28.7 Å². The summed E-state index contributed by atoms with van der Waals surface area (Å²) in [5.41, 5.74) is 2.36. The van der Waals surface area contributed by atoms with E-state index in [-0.39, 0.29) is 17.2 Å². The highest BCUT2D eigenvalue weighted by Gasteiger charge is 2.15. The molecule has 0 bridgehead atoms. The maximum Gasteiger partial charge on any atom is 0.261 e. The number of phenols is 1.